The summed E-state index contributed by atoms with van der Waals surface area (Å²) in [6, 6.07) is 0. The predicted octanol–water partition coefficient (Wildman–Crippen LogP) is 2.05. The lowest BCUT2D eigenvalue weighted by atomic mass is 9.97. The molecule has 2 saturated heterocycles. The van der Waals surface area contributed by atoms with Gasteiger partial charge in [-0.1, -0.05) is 0 Å². The number of likely N-dealkylation sites (tertiary alicyclic amines) is 1. The van der Waals surface area contributed by atoms with E-state index in [9.17, 15) is 9.59 Å². The van der Waals surface area contributed by atoms with Crippen molar-refractivity contribution >= 4 is 23.5 Å². The molecule has 146 valence electrons. The van der Waals surface area contributed by atoms with Crippen LogP contribution in [0.5, 0.6) is 0 Å². The highest BCUT2D eigenvalue weighted by atomic mass is 35.5. The van der Waals surface area contributed by atoms with E-state index in [4.69, 9.17) is 21.1 Å². The highest BCUT2D eigenvalue weighted by Crippen LogP contribution is 2.18. The molecule has 2 fully saturated rings. The van der Waals surface area contributed by atoms with E-state index in [0.717, 1.165) is 58.4 Å². The Morgan fingerprint density at radius 2 is 1.44 bits per heavy atom. The van der Waals surface area contributed by atoms with Gasteiger partial charge in [0, 0.05) is 12.4 Å². The molecular weight excluding hydrogens is 344 g/mol. The maximum absolute atomic E-state index is 11.4. The van der Waals surface area contributed by atoms with Gasteiger partial charge in [0.05, 0.1) is 25.0 Å². The van der Waals surface area contributed by atoms with Crippen molar-refractivity contribution in [2.75, 3.05) is 51.8 Å². The molecule has 25 heavy (non-hydrogen) atoms. The van der Waals surface area contributed by atoms with Gasteiger partial charge in [-0.25, -0.2) is 0 Å². The standard InChI is InChI=1S/C10H18ClNO2.C8H15NO2/c1-2-14-10(13)9-3-6-12(7-4-9)8-5-11;1-2-11-8(10)7-3-5-9-6-4-7/h9H,2-8H2,1H3;7,9H,2-6H2,1H3. The van der Waals surface area contributed by atoms with E-state index in [2.05, 4.69) is 10.2 Å². The number of piperidine rings is 2. The average molecular weight is 377 g/mol. The lowest BCUT2D eigenvalue weighted by Gasteiger charge is -2.30. The molecule has 0 unspecified atom stereocenters. The first-order valence-corrected chi connectivity index (χ1v) is 9.98. The highest BCUT2D eigenvalue weighted by Gasteiger charge is 2.25. The maximum Gasteiger partial charge on any atom is 0.309 e. The molecule has 0 amide bonds. The number of hydrogen-bond acceptors (Lipinski definition) is 6. The zero-order valence-corrected chi connectivity index (χ0v) is 16.4. The minimum atomic E-state index is -0.0296. The molecule has 2 heterocycles. The van der Waals surface area contributed by atoms with Crippen LogP contribution in [0.25, 0.3) is 0 Å². The normalized spacial score (nSPS) is 19.6. The zero-order chi connectivity index (χ0) is 18.5. The third kappa shape index (κ3) is 8.88. The summed E-state index contributed by atoms with van der Waals surface area (Å²) in [6.45, 7) is 9.44. The van der Waals surface area contributed by atoms with E-state index in [-0.39, 0.29) is 23.8 Å². The molecule has 0 spiro atoms. The second-order valence-electron chi connectivity index (χ2n) is 6.33. The van der Waals surface area contributed by atoms with Gasteiger partial charge in [0.15, 0.2) is 0 Å². The predicted molar refractivity (Wildman–Crippen MR) is 98.7 cm³/mol. The fourth-order valence-corrected chi connectivity index (χ4v) is 3.33. The van der Waals surface area contributed by atoms with Crippen LogP contribution in [-0.4, -0.2) is 68.7 Å². The van der Waals surface area contributed by atoms with Crippen molar-refractivity contribution in [3.8, 4) is 0 Å². The third-order valence-electron chi connectivity index (χ3n) is 4.57. The lowest BCUT2D eigenvalue weighted by molar-refractivity contribution is -0.150. The SMILES string of the molecule is CCOC(=O)C1CCN(CCCl)CC1.CCOC(=O)C1CCNCC1. The summed E-state index contributed by atoms with van der Waals surface area (Å²) in [5.74, 6) is 0.883. The third-order valence-corrected chi connectivity index (χ3v) is 4.74. The number of carbonyl (C=O) groups is 2. The van der Waals surface area contributed by atoms with Crippen molar-refractivity contribution in [1.29, 1.82) is 0 Å². The van der Waals surface area contributed by atoms with E-state index in [1.54, 1.807) is 0 Å². The number of carbonyl (C=O) groups excluding carboxylic acids is 2. The molecule has 7 heteroatoms. The van der Waals surface area contributed by atoms with Crippen LogP contribution in [0, 0.1) is 11.8 Å². The number of hydrogen-bond donors (Lipinski definition) is 1. The molecule has 0 atom stereocenters. The number of rotatable bonds is 6. The first-order chi connectivity index (χ1) is 12.1. The van der Waals surface area contributed by atoms with Crippen molar-refractivity contribution in [2.45, 2.75) is 39.5 Å². The van der Waals surface area contributed by atoms with Crippen molar-refractivity contribution in [1.82, 2.24) is 10.2 Å². The molecule has 6 nitrogen and oxygen atoms in total. The Labute approximate surface area is 156 Å². The number of alkyl halides is 1. The van der Waals surface area contributed by atoms with Crippen molar-refractivity contribution in [2.24, 2.45) is 11.8 Å². The van der Waals surface area contributed by atoms with Crippen LogP contribution in [0.4, 0.5) is 0 Å². The summed E-state index contributed by atoms with van der Waals surface area (Å²) in [5.41, 5.74) is 0. The number of halogens is 1. The van der Waals surface area contributed by atoms with E-state index in [0.29, 0.717) is 19.1 Å². The molecule has 0 aromatic heterocycles. The molecule has 0 aliphatic carbocycles. The second-order valence-corrected chi connectivity index (χ2v) is 6.71. The van der Waals surface area contributed by atoms with Gasteiger partial charge >= 0.3 is 11.9 Å². The lowest BCUT2D eigenvalue weighted by Crippen LogP contribution is -2.37. The Morgan fingerprint density at radius 1 is 0.960 bits per heavy atom. The van der Waals surface area contributed by atoms with Crippen LogP contribution in [0.3, 0.4) is 0 Å². The Balaban J connectivity index is 0.000000257. The zero-order valence-electron chi connectivity index (χ0n) is 15.6. The smallest absolute Gasteiger partial charge is 0.309 e. The average Bonchev–Trinajstić information content (AvgIpc) is 2.64. The van der Waals surface area contributed by atoms with Crippen LogP contribution in [0.2, 0.25) is 0 Å². The number of ether oxygens (including phenoxy) is 2. The number of nitrogens with zero attached hydrogens (tertiary/aromatic N) is 1. The van der Waals surface area contributed by atoms with Gasteiger partial charge in [0.25, 0.3) is 0 Å². The van der Waals surface area contributed by atoms with Crippen molar-refractivity contribution in [3.05, 3.63) is 0 Å². The van der Waals surface area contributed by atoms with Gasteiger partial charge in [-0.15, -0.1) is 11.6 Å². The molecule has 0 bridgehead atoms. The van der Waals surface area contributed by atoms with E-state index in [1.807, 2.05) is 13.8 Å². The second kappa shape index (κ2) is 13.4. The summed E-state index contributed by atoms with van der Waals surface area (Å²) in [7, 11) is 0. The molecular formula is C18H33ClN2O4. The molecule has 0 aromatic rings. The quantitative estimate of drug-likeness (QED) is 0.565. The Morgan fingerprint density at radius 3 is 1.88 bits per heavy atom. The van der Waals surface area contributed by atoms with Crippen LogP contribution < -0.4 is 5.32 Å². The summed E-state index contributed by atoms with van der Waals surface area (Å²) in [4.78, 5) is 24.8. The molecule has 2 rings (SSSR count). The molecule has 0 saturated carbocycles. The summed E-state index contributed by atoms with van der Waals surface area (Å²) < 4.78 is 9.91. The van der Waals surface area contributed by atoms with Gasteiger partial charge in [0.1, 0.15) is 0 Å². The minimum absolute atomic E-state index is 0.0194. The van der Waals surface area contributed by atoms with Gasteiger partial charge in [-0.3, -0.25) is 9.59 Å². The van der Waals surface area contributed by atoms with E-state index in [1.165, 1.54) is 0 Å². The summed E-state index contributed by atoms with van der Waals surface area (Å²) in [5, 5.41) is 3.20. The van der Waals surface area contributed by atoms with Gasteiger partial charge in [-0.2, -0.15) is 0 Å². The first kappa shape index (κ1) is 22.2. The van der Waals surface area contributed by atoms with Crippen LogP contribution >= 0.6 is 11.6 Å². The van der Waals surface area contributed by atoms with E-state index >= 15 is 0 Å². The highest BCUT2D eigenvalue weighted by molar-refractivity contribution is 6.18. The van der Waals surface area contributed by atoms with Crippen LogP contribution in [0.1, 0.15) is 39.5 Å². The first-order valence-electron chi connectivity index (χ1n) is 9.44. The monoisotopic (exact) mass is 376 g/mol. The number of esters is 2. The van der Waals surface area contributed by atoms with Gasteiger partial charge < -0.3 is 19.7 Å². The van der Waals surface area contributed by atoms with Gasteiger partial charge in [0.2, 0.25) is 0 Å². The largest absolute Gasteiger partial charge is 0.466 e. The van der Waals surface area contributed by atoms with Crippen molar-refractivity contribution in [3.63, 3.8) is 0 Å². The summed E-state index contributed by atoms with van der Waals surface area (Å²) in [6.07, 6.45) is 3.68. The Kier molecular flexibility index (Phi) is 11.9. The molecule has 0 aromatic carbocycles. The van der Waals surface area contributed by atoms with Crippen LogP contribution in [0.15, 0.2) is 0 Å². The van der Waals surface area contributed by atoms with Crippen molar-refractivity contribution < 1.29 is 19.1 Å². The van der Waals surface area contributed by atoms with Crippen LogP contribution in [-0.2, 0) is 19.1 Å². The fourth-order valence-electron chi connectivity index (χ4n) is 3.09. The molecule has 0 radical (unpaired) electrons. The van der Waals surface area contributed by atoms with E-state index < -0.39 is 0 Å². The Hall–Kier alpha value is -0.850. The topological polar surface area (TPSA) is 67.9 Å². The Bertz CT molecular complexity index is 381. The fraction of sp³-hybridized carbons (Fsp3) is 0.889. The minimum Gasteiger partial charge on any atom is -0.466 e. The van der Waals surface area contributed by atoms with Gasteiger partial charge in [-0.05, 0) is 65.7 Å². The molecule has 1 N–H and O–H groups in total. The maximum atomic E-state index is 11.4. The molecule has 2 aliphatic heterocycles. The number of nitrogens with one attached hydrogen (secondary N) is 1. The summed E-state index contributed by atoms with van der Waals surface area (Å²) >= 11 is 5.65. The molecule has 2 aliphatic rings.